The summed E-state index contributed by atoms with van der Waals surface area (Å²) in [5.41, 5.74) is -0.708. The molecular formula is C10H17N2O7P. The smallest absolute Gasteiger partial charge is 0.328 e. The minimum absolute atomic E-state index is 0.0311. The number of aryl methyl sites for hydroxylation is 1. The molecule has 1 aromatic rings. The summed E-state index contributed by atoms with van der Waals surface area (Å²) >= 11 is 0. The molecule has 0 aliphatic rings. The molecule has 0 aromatic carbocycles. The Bertz CT molecular complexity index is 602. The molecule has 10 heteroatoms. The zero-order valence-electron chi connectivity index (χ0n) is 10.9. The average molecular weight is 308 g/mol. The Morgan fingerprint density at radius 2 is 2.10 bits per heavy atom. The minimum Gasteiger partial charge on any atom is -0.394 e. The van der Waals surface area contributed by atoms with Crippen molar-refractivity contribution in [3.05, 3.63) is 32.6 Å². The quantitative estimate of drug-likeness (QED) is 0.444. The van der Waals surface area contributed by atoms with Crippen LogP contribution in [0.4, 0.5) is 0 Å². The highest BCUT2D eigenvalue weighted by Gasteiger charge is 2.21. The fourth-order valence-corrected chi connectivity index (χ4v) is 2.28. The van der Waals surface area contributed by atoms with Crippen LogP contribution in [0.5, 0.6) is 0 Å². The van der Waals surface area contributed by atoms with Gasteiger partial charge in [-0.2, -0.15) is 0 Å². The zero-order chi connectivity index (χ0) is 15.3. The molecule has 20 heavy (non-hydrogen) atoms. The van der Waals surface area contributed by atoms with Crippen LogP contribution in [-0.2, 0) is 15.8 Å². The maximum Gasteiger partial charge on any atom is 0.328 e. The van der Waals surface area contributed by atoms with E-state index in [-0.39, 0.29) is 13.2 Å². The summed E-state index contributed by atoms with van der Waals surface area (Å²) in [6, 6.07) is 0. The molecule has 0 saturated heterocycles. The average Bonchev–Trinajstić information content (AvgIpc) is 2.32. The molecule has 1 heterocycles. The highest BCUT2D eigenvalue weighted by Crippen LogP contribution is 2.35. The van der Waals surface area contributed by atoms with E-state index in [1.807, 2.05) is 0 Å². The molecule has 0 amide bonds. The van der Waals surface area contributed by atoms with E-state index in [2.05, 4.69) is 4.98 Å². The first-order chi connectivity index (χ1) is 9.23. The third kappa shape index (κ3) is 5.40. The van der Waals surface area contributed by atoms with Crippen LogP contribution in [0, 0.1) is 6.92 Å². The van der Waals surface area contributed by atoms with Gasteiger partial charge in [0, 0.05) is 11.8 Å². The third-order valence-corrected chi connectivity index (χ3v) is 3.40. The van der Waals surface area contributed by atoms with E-state index < -0.39 is 37.7 Å². The van der Waals surface area contributed by atoms with E-state index in [1.54, 1.807) is 6.92 Å². The highest BCUT2D eigenvalue weighted by molar-refractivity contribution is 7.51. The molecule has 0 aliphatic heterocycles. The number of aliphatic hydroxyl groups excluding tert-OH is 1. The summed E-state index contributed by atoms with van der Waals surface area (Å²) < 4.78 is 17.1. The third-order valence-electron chi connectivity index (χ3n) is 2.52. The first-order valence-electron chi connectivity index (χ1n) is 5.80. The van der Waals surface area contributed by atoms with Crippen molar-refractivity contribution in [2.45, 2.75) is 19.6 Å². The fourth-order valence-electron chi connectivity index (χ4n) is 1.53. The molecule has 0 radical (unpaired) electrons. The number of rotatable bonds is 7. The summed E-state index contributed by atoms with van der Waals surface area (Å²) in [5.74, 6) is 0. The number of aliphatic hydroxyl groups is 1. The van der Waals surface area contributed by atoms with Gasteiger partial charge in [0.2, 0.25) is 0 Å². The van der Waals surface area contributed by atoms with Crippen LogP contribution in [0.25, 0.3) is 0 Å². The van der Waals surface area contributed by atoms with E-state index >= 15 is 0 Å². The van der Waals surface area contributed by atoms with Crippen LogP contribution in [0.2, 0.25) is 0 Å². The van der Waals surface area contributed by atoms with Crippen molar-refractivity contribution in [1.29, 1.82) is 0 Å². The van der Waals surface area contributed by atoms with Gasteiger partial charge in [-0.15, -0.1) is 0 Å². The summed E-state index contributed by atoms with van der Waals surface area (Å²) in [7, 11) is -4.28. The number of H-pyrrole nitrogens is 1. The Kier molecular flexibility index (Phi) is 5.85. The highest BCUT2D eigenvalue weighted by atomic mass is 31.2. The zero-order valence-corrected chi connectivity index (χ0v) is 11.7. The van der Waals surface area contributed by atoms with Crippen LogP contribution in [0.15, 0.2) is 15.8 Å². The number of aromatic nitrogens is 2. The predicted octanol–water partition coefficient (Wildman–Crippen LogP) is -1.60. The molecule has 1 rings (SSSR count). The predicted molar refractivity (Wildman–Crippen MR) is 69.8 cm³/mol. The van der Waals surface area contributed by atoms with Crippen LogP contribution in [0.1, 0.15) is 5.56 Å². The van der Waals surface area contributed by atoms with Gasteiger partial charge in [0.05, 0.1) is 32.0 Å². The summed E-state index contributed by atoms with van der Waals surface area (Å²) in [6.45, 7) is 1.06. The molecule has 1 unspecified atom stereocenters. The standard InChI is InChI=1S/C10H17N2O7P/c1-7-4-12(10(15)11-9(7)14)2-3-19-8(5-13)6-20(16,17)18/h4,8,13H,2-3,5-6H2,1H3,(H,11,14,15)(H2,16,17,18). The monoisotopic (exact) mass is 308 g/mol. The summed E-state index contributed by atoms with van der Waals surface area (Å²) in [4.78, 5) is 42.3. The Labute approximate surface area is 114 Å². The van der Waals surface area contributed by atoms with Gasteiger partial charge in [0.15, 0.2) is 0 Å². The number of ether oxygens (including phenoxy) is 1. The van der Waals surface area contributed by atoms with Crippen molar-refractivity contribution >= 4 is 7.60 Å². The summed E-state index contributed by atoms with van der Waals surface area (Å²) in [5, 5.41) is 8.94. The van der Waals surface area contributed by atoms with Crippen LogP contribution >= 0.6 is 7.60 Å². The Morgan fingerprint density at radius 3 is 2.65 bits per heavy atom. The van der Waals surface area contributed by atoms with Gasteiger partial charge in [-0.3, -0.25) is 18.9 Å². The van der Waals surface area contributed by atoms with E-state index in [4.69, 9.17) is 19.6 Å². The van der Waals surface area contributed by atoms with Gasteiger partial charge >= 0.3 is 13.3 Å². The molecule has 114 valence electrons. The second-order valence-corrected chi connectivity index (χ2v) is 5.98. The van der Waals surface area contributed by atoms with Crippen molar-refractivity contribution in [2.24, 2.45) is 0 Å². The number of nitrogens with one attached hydrogen (secondary N) is 1. The molecule has 0 saturated carbocycles. The summed E-state index contributed by atoms with van der Waals surface area (Å²) in [6.07, 6.45) is -0.236. The second kappa shape index (κ2) is 6.96. The molecule has 0 spiro atoms. The maximum atomic E-state index is 11.4. The normalized spacial score (nSPS) is 13.4. The van der Waals surface area contributed by atoms with Gasteiger partial charge < -0.3 is 19.6 Å². The van der Waals surface area contributed by atoms with Crippen LogP contribution < -0.4 is 11.2 Å². The Balaban J connectivity index is 2.60. The van der Waals surface area contributed by atoms with Gasteiger partial charge in [-0.05, 0) is 6.92 Å². The van der Waals surface area contributed by atoms with E-state index in [0.29, 0.717) is 5.56 Å². The molecular weight excluding hydrogens is 291 g/mol. The fraction of sp³-hybridized carbons (Fsp3) is 0.600. The first-order valence-corrected chi connectivity index (χ1v) is 7.60. The van der Waals surface area contributed by atoms with Gasteiger partial charge in [0.25, 0.3) is 5.56 Å². The lowest BCUT2D eigenvalue weighted by molar-refractivity contribution is 0.0200. The van der Waals surface area contributed by atoms with Crippen molar-refractivity contribution in [3.63, 3.8) is 0 Å². The Morgan fingerprint density at radius 1 is 1.45 bits per heavy atom. The molecule has 0 aliphatic carbocycles. The van der Waals surface area contributed by atoms with Gasteiger partial charge in [-0.25, -0.2) is 4.79 Å². The minimum atomic E-state index is -4.28. The van der Waals surface area contributed by atoms with Gasteiger partial charge in [-0.1, -0.05) is 0 Å². The SMILES string of the molecule is Cc1cn(CCOC(CO)CP(=O)(O)O)c(=O)[nH]c1=O. The van der Waals surface area contributed by atoms with Crippen molar-refractivity contribution in [2.75, 3.05) is 19.4 Å². The van der Waals surface area contributed by atoms with E-state index in [1.165, 1.54) is 10.8 Å². The van der Waals surface area contributed by atoms with Crippen LogP contribution in [0.3, 0.4) is 0 Å². The van der Waals surface area contributed by atoms with Gasteiger partial charge in [0.1, 0.15) is 0 Å². The molecule has 1 aromatic heterocycles. The second-order valence-electron chi connectivity index (χ2n) is 4.29. The number of nitrogens with zero attached hydrogens (tertiary/aromatic N) is 1. The number of aromatic amines is 1. The number of hydrogen-bond donors (Lipinski definition) is 4. The van der Waals surface area contributed by atoms with Crippen molar-refractivity contribution < 1.29 is 24.2 Å². The van der Waals surface area contributed by atoms with Crippen molar-refractivity contribution in [3.8, 4) is 0 Å². The van der Waals surface area contributed by atoms with E-state index in [0.717, 1.165) is 0 Å². The molecule has 0 bridgehead atoms. The topological polar surface area (TPSA) is 142 Å². The molecule has 0 fully saturated rings. The largest absolute Gasteiger partial charge is 0.394 e. The lowest BCUT2D eigenvalue weighted by atomic mass is 10.4. The van der Waals surface area contributed by atoms with E-state index in [9.17, 15) is 14.2 Å². The molecule has 1 atom stereocenters. The van der Waals surface area contributed by atoms with Crippen molar-refractivity contribution in [1.82, 2.24) is 9.55 Å². The lowest BCUT2D eigenvalue weighted by Crippen LogP contribution is -2.33. The molecule has 4 N–H and O–H groups in total. The number of hydrogen-bond acceptors (Lipinski definition) is 5. The maximum absolute atomic E-state index is 11.4. The van der Waals surface area contributed by atoms with Crippen LogP contribution in [-0.4, -0.2) is 49.9 Å². The molecule has 9 nitrogen and oxygen atoms in total. The lowest BCUT2D eigenvalue weighted by Gasteiger charge is -2.16. The first kappa shape index (κ1) is 16.8. The Hall–Kier alpha value is -1.25.